The van der Waals surface area contributed by atoms with Crippen LogP contribution < -0.4 is 4.90 Å². The molecule has 5 rings (SSSR count). The lowest BCUT2D eigenvalue weighted by atomic mass is 9.68. The van der Waals surface area contributed by atoms with Crippen molar-refractivity contribution in [3.05, 3.63) is 23.5 Å². The van der Waals surface area contributed by atoms with Crippen LogP contribution in [0.3, 0.4) is 0 Å². The Morgan fingerprint density at radius 1 is 1.06 bits per heavy atom. The zero-order chi connectivity index (χ0) is 21.6. The van der Waals surface area contributed by atoms with Crippen molar-refractivity contribution in [1.82, 2.24) is 9.88 Å². The highest BCUT2D eigenvalue weighted by Crippen LogP contribution is 2.50. The van der Waals surface area contributed by atoms with Gasteiger partial charge >= 0.3 is 6.09 Å². The Bertz CT molecular complexity index is 856. The molecule has 4 aliphatic rings. The number of carbonyl (C=O) groups is 2. The van der Waals surface area contributed by atoms with Crippen LogP contribution in [0.15, 0.2) is 12.3 Å². The largest absolute Gasteiger partial charge is 0.447 e. The minimum Gasteiger partial charge on any atom is -0.447 e. The number of hydrogen-bond donors (Lipinski definition) is 1. The Hall–Kier alpha value is -2.15. The number of ether oxygens (including phenoxy) is 1. The fourth-order valence-electron chi connectivity index (χ4n) is 6.25. The molecule has 2 aliphatic carbocycles. The predicted octanol–water partition coefficient (Wildman–Crippen LogP) is 3.53. The Kier molecular flexibility index (Phi) is 5.40. The fourth-order valence-corrected chi connectivity index (χ4v) is 6.25. The van der Waals surface area contributed by atoms with Gasteiger partial charge in [0.25, 0.3) is 0 Å². The smallest absolute Gasteiger partial charge is 0.414 e. The van der Waals surface area contributed by atoms with Crippen LogP contribution in [0.1, 0.15) is 75.0 Å². The highest BCUT2D eigenvalue weighted by Gasteiger charge is 2.50. The van der Waals surface area contributed by atoms with Crippen molar-refractivity contribution in [2.75, 3.05) is 24.6 Å². The number of hydrogen-bond acceptors (Lipinski definition) is 5. The number of pyridine rings is 1. The van der Waals surface area contributed by atoms with Gasteiger partial charge < -0.3 is 14.7 Å². The summed E-state index contributed by atoms with van der Waals surface area (Å²) in [6.45, 7) is 3.94. The molecule has 7 nitrogen and oxygen atoms in total. The number of aromatic nitrogens is 1. The van der Waals surface area contributed by atoms with E-state index in [1.54, 1.807) is 11.1 Å². The first kappa shape index (κ1) is 20.7. The number of nitrogens with zero attached hydrogens (tertiary/aromatic N) is 3. The number of amides is 2. The number of rotatable bonds is 3. The van der Waals surface area contributed by atoms with E-state index in [-0.39, 0.29) is 17.6 Å². The number of aryl methyl sites for hydroxylation is 1. The number of cyclic esters (lactones) is 1. The SMILES string of the molecule is Cc1cc(N2CCOC2=O)cnc1C1CCC2(CC1)CCN([C@H]1CC[C@@H](O)CC1)C2=O. The number of anilines is 1. The lowest BCUT2D eigenvalue weighted by Crippen LogP contribution is -2.44. The summed E-state index contributed by atoms with van der Waals surface area (Å²) >= 11 is 0. The molecule has 2 aliphatic heterocycles. The highest BCUT2D eigenvalue weighted by molar-refractivity contribution is 5.89. The molecular weight excluding hydrogens is 394 g/mol. The Morgan fingerprint density at radius 3 is 2.45 bits per heavy atom. The molecule has 4 fully saturated rings. The van der Waals surface area contributed by atoms with Gasteiger partial charge in [0, 0.05) is 24.2 Å². The summed E-state index contributed by atoms with van der Waals surface area (Å²) in [7, 11) is 0. The summed E-state index contributed by atoms with van der Waals surface area (Å²) in [5.74, 6) is 0.733. The summed E-state index contributed by atoms with van der Waals surface area (Å²) in [4.78, 5) is 33.7. The first-order valence-corrected chi connectivity index (χ1v) is 11.9. The van der Waals surface area contributed by atoms with Gasteiger partial charge in [-0.05, 0) is 76.3 Å². The maximum Gasteiger partial charge on any atom is 0.414 e. The molecule has 1 aromatic heterocycles. The topological polar surface area (TPSA) is 83.0 Å². The van der Waals surface area contributed by atoms with E-state index in [9.17, 15) is 14.7 Å². The van der Waals surface area contributed by atoms with E-state index in [4.69, 9.17) is 9.72 Å². The molecule has 0 bridgehead atoms. The molecule has 3 heterocycles. The molecular formula is C24H33N3O4. The second-order valence-electron chi connectivity index (χ2n) is 9.93. The lowest BCUT2D eigenvalue weighted by Gasteiger charge is -2.38. The standard InChI is InChI=1S/C24H33N3O4/c1-16-14-19(27-12-13-31-23(27)30)15-25-21(16)17-6-8-24(9-7-17)10-11-26(22(24)29)18-2-4-20(28)5-3-18/h14-15,17-18,20,28H,2-13H2,1H3/t17?,18-,20+,24?. The van der Waals surface area contributed by atoms with Gasteiger partial charge in [-0.25, -0.2) is 4.79 Å². The molecule has 1 aromatic rings. The third-order valence-electron chi connectivity index (χ3n) is 8.16. The Morgan fingerprint density at radius 2 is 1.81 bits per heavy atom. The van der Waals surface area contributed by atoms with Gasteiger partial charge in [0.15, 0.2) is 0 Å². The van der Waals surface area contributed by atoms with Crippen LogP contribution in [0, 0.1) is 12.3 Å². The van der Waals surface area contributed by atoms with Crippen molar-refractivity contribution in [3.63, 3.8) is 0 Å². The number of aliphatic hydroxyl groups excluding tert-OH is 1. The zero-order valence-electron chi connectivity index (χ0n) is 18.4. The van der Waals surface area contributed by atoms with Crippen LogP contribution in [0.5, 0.6) is 0 Å². The van der Waals surface area contributed by atoms with Gasteiger partial charge in [0.05, 0.1) is 29.9 Å². The highest BCUT2D eigenvalue weighted by atomic mass is 16.6. The van der Waals surface area contributed by atoms with Gasteiger partial charge in [0.1, 0.15) is 6.61 Å². The van der Waals surface area contributed by atoms with Crippen LogP contribution in [0.2, 0.25) is 0 Å². The van der Waals surface area contributed by atoms with E-state index in [1.165, 1.54) is 0 Å². The molecule has 31 heavy (non-hydrogen) atoms. The van der Waals surface area contributed by atoms with E-state index < -0.39 is 0 Å². The van der Waals surface area contributed by atoms with E-state index in [0.29, 0.717) is 31.0 Å². The first-order chi connectivity index (χ1) is 15.0. The van der Waals surface area contributed by atoms with Crippen LogP contribution >= 0.6 is 0 Å². The van der Waals surface area contributed by atoms with Crippen LogP contribution in [-0.4, -0.2) is 58.8 Å². The maximum atomic E-state index is 13.4. The van der Waals surface area contributed by atoms with Crippen LogP contribution in [0.4, 0.5) is 10.5 Å². The molecule has 0 aromatic carbocycles. The fraction of sp³-hybridized carbons (Fsp3) is 0.708. The van der Waals surface area contributed by atoms with Crippen LogP contribution in [0.25, 0.3) is 0 Å². The maximum absolute atomic E-state index is 13.4. The molecule has 7 heteroatoms. The van der Waals surface area contributed by atoms with Gasteiger partial charge in [-0.2, -0.15) is 0 Å². The normalized spacial score (nSPS) is 33.9. The average Bonchev–Trinajstić information content (AvgIpc) is 3.34. The van der Waals surface area contributed by atoms with Gasteiger partial charge in [-0.1, -0.05) is 0 Å². The van der Waals surface area contributed by atoms with Crippen LogP contribution in [-0.2, 0) is 9.53 Å². The molecule has 2 amide bonds. The molecule has 0 radical (unpaired) electrons. The third kappa shape index (κ3) is 3.71. The van der Waals surface area contributed by atoms with E-state index in [2.05, 4.69) is 11.8 Å². The van der Waals surface area contributed by atoms with E-state index in [1.807, 2.05) is 6.07 Å². The van der Waals surface area contributed by atoms with Crippen molar-refractivity contribution in [1.29, 1.82) is 0 Å². The van der Waals surface area contributed by atoms with E-state index >= 15 is 0 Å². The quantitative estimate of drug-likeness (QED) is 0.798. The van der Waals surface area contributed by atoms with Crippen molar-refractivity contribution in [2.24, 2.45) is 5.41 Å². The van der Waals surface area contributed by atoms with Gasteiger partial charge in [-0.3, -0.25) is 14.7 Å². The molecule has 0 unspecified atom stereocenters. The average molecular weight is 428 g/mol. The first-order valence-electron chi connectivity index (χ1n) is 11.9. The summed E-state index contributed by atoms with van der Waals surface area (Å²) in [6, 6.07) is 2.36. The Labute approximate surface area is 183 Å². The van der Waals surface area contributed by atoms with Crippen molar-refractivity contribution < 1.29 is 19.4 Å². The molecule has 168 valence electrons. The zero-order valence-corrected chi connectivity index (χ0v) is 18.4. The summed E-state index contributed by atoms with van der Waals surface area (Å²) < 4.78 is 5.04. The number of likely N-dealkylation sites (tertiary alicyclic amines) is 1. The minimum absolute atomic E-state index is 0.181. The minimum atomic E-state index is -0.301. The second-order valence-corrected chi connectivity index (χ2v) is 9.93. The Balaban J connectivity index is 1.23. The molecule has 1 spiro atoms. The monoisotopic (exact) mass is 427 g/mol. The van der Waals surface area contributed by atoms with Gasteiger partial charge in [0.2, 0.25) is 5.91 Å². The molecule has 2 saturated carbocycles. The predicted molar refractivity (Wildman–Crippen MR) is 116 cm³/mol. The second kappa shape index (κ2) is 8.08. The number of carbonyl (C=O) groups excluding carboxylic acids is 2. The third-order valence-corrected chi connectivity index (χ3v) is 8.16. The molecule has 0 atom stereocenters. The van der Waals surface area contributed by atoms with Crippen molar-refractivity contribution in [2.45, 2.75) is 82.8 Å². The summed E-state index contributed by atoms with van der Waals surface area (Å²) in [5.41, 5.74) is 2.84. The summed E-state index contributed by atoms with van der Waals surface area (Å²) in [5, 5.41) is 9.79. The lowest BCUT2D eigenvalue weighted by molar-refractivity contribution is -0.140. The van der Waals surface area contributed by atoms with E-state index in [0.717, 1.165) is 81.3 Å². The number of aliphatic hydroxyl groups is 1. The van der Waals surface area contributed by atoms with Gasteiger partial charge in [-0.15, -0.1) is 0 Å². The molecule has 1 N–H and O–H groups in total. The van der Waals surface area contributed by atoms with Crippen molar-refractivity contribution >= 4 is 17.7 Å². The molecule has 2 saturated heterocycles. The summed E-state index contributed by atoms with van der Waals surface area (Å²) in [6.07, 6.45) is 9.63. The van der Waals surface area contributed by atoms with Crippen molar-refractivity contribution in [3.8, 4) is 0 Å².